The molecular formula is C19H26N2O2. The van der Waals surface area contributed by atoms with Crippen molar-refractivity contribution in [2.45, 2.75) is 26.2 Å². The SMILES string of the molecule is COc1cc2nc(C)ccc2cc1OCCN(C)CC1CCC1. The molecule has 1 aromatic carbocycles. The average molecular weight is 314 g/mol. The van der Waals surface area contributed by atoms with Crippen molar-refractivity contribution in [2.75, 3.05) is 33.9 Å². The highest BCUT2D eigenvalue weighted by atomic mass is 16.5. The Hall–Kier alpha value is -1.81. The third kappa shape index (κ3) is 3.94. The Balaban J connectivity index is 1.63. The van der Waals surface area contributed by atoms with Gasteiger partial charge in [0.1, 0.15) is 6.61 Å². The van der Waals surface area contributed by atoms with Gasteiger partial charge >= 0.3 is 0 Å². The van der Waals surface area contributed by atoms with Gasteiger partial charge in [0.25, 0.3) is 0 Å². The zero-order valence-electron chi connectivity index (χ0n) is 14.3. The number of nitrogens with zero attached hydrogens (tertiary/aromatic N) is 2. The summed E-state index contributed by atoms with van der Waals surface area (Å²) in [5.74, 6) is 2.43. The lowest BCUT2D eigenvalue weighted by Crippen LogP contribution is -2.32. The van der Waals surface area contributed by atoms with Crippen LogP contribution in [0, 0.1) is 12.8 Å². The number of fused-ring (bicyclic) bond motifs is 1. The molecule has 124 valence electrons. The van der Waals surface area contributed by atoms with Gasteiger partial charge in [-0.15, -0.1) is 0 Å². The summed E-state index contributed by atoms with van der Waals surface area (Å²) in [6, 6.07) is 8.07. The van der Waals surface area contributed by atoms with Crippen LogP contribution in [0.5, 0.6) is 11.5 Å². The molecule has 0 bridgehead atoms. The van der Waals surface area contributed by atoms with E-state index in [-0.39, 0.29) is 0 Å². The second-order valence-corrected chi connectivity index (χ2v) is 6.56. The third-order valence-corrected chi connectivity index (χ3v) is 4.64. The minimum Gasteiger partial charge on any atom is -0.493 e. The van der Waals surface area contributed by atoms with Crippen LogP contribution >= 0.6 is 0 Å². The molecule has 1 saturated carbocycles. The number of rotatable bonds is 7. The minimum absolute atomic E-state index is 0.671. The highest BCUT2D eigenvalue weighted by Crippen LogP contribution is 2.32. The molecule has 0 saturated heterocycles. The molecule has 4 nitrogen and oxygen atoms in total. The quantitative estimate of drug-likeness (QED) is 0.781. The van der Waals surface area contributed by atoms with E-state index in [1.165, 1.54) is 25.8 Å². The number of pyridine rings is 1. The number of aromatic nitrogens is 1. The first-order valence-corrected chi connectivity index (χ1v) is 8.42. The fraction of sp³-hybridized carbons (Fsp3) is 0.526. The van der Waals surface area contributed by atoms with Crippen LogP contribution < -0.4 is 9.47 Å². The van der Waals surface area contributed by atoms with Crippen LogP contribution in [0.2, 0.25) is 0 Å². The molecular weight excluding hydrogens is 288 g/mol. The van der Waals surface area contributed by atoms with Gasteiger partial charge in [0, 0.05) is 30.2 Å². The number of ether oxygens (including phenoxy) is 2. The predicted molar refractivity (Wildman–Crippen MR) is 93.4 cm³/mol. The molecule has 23 heavy (non-hydrogen) atoms. The van der Waals surface area contributed by atoms with Gasteiger partial charge in [0.2, 0.25) is 0 Å². The number of methoxy groups -OCH3 is 1. The summed E-state index contributed by atoms with van der Waals surface area (Å²) in [5.41, 5.74) is 1.95. The molecule has 0 aliphatic heterocycles. The second-order valence-electron chi connectivity index (χ2n) is 6.56. The zero-order chi connectivity index (χ0) is 16.2. The fourth-order valence-corrected chi connectivity index (χ4v) is 3.02. The monoisotopic (exact) mass is 314 g/mol. The maximum atomic E-state index is 5.98. The molecule has 0 N–H and O–H groups in total. The summed E-state index contributed by atoms with van der Waals surface area (Å²) >= 11 is 0. The van der Waals surface area contributed by atoms with E-state index in [0.29, 0.717) is 6.61 Å². The van der Waals surface area contributed by atoms with E-state index >= 15 is 0 Å². The van der Waals surface area contributed by atoms with Gasteiger partial charge in [-0.25, -0.2) is 0 Å². The number of benzene rings is 1. The molecule has 0 radical (unpaired) electrons. The van der Waals surface area contributed by atoms with Gasteiger partial charge in [-0.1, -0.05) is 12.5 Å². The van der Waals surface area contributed by atoms with Crippen LogP contribution in [0.15, 0.2) is 24.3 Å². The van der Waals surface area contributed by atoms with E-state index in [1.807, 2.05) is 25.1 Å². The van der Waals surface area contributed by atoms with Crippen molar-refractivity contribution in [2.24, 2.45) is 5.92 Å². The highest BCUT2D eigenvalue weighted by Gasteiger charge is 2.18. The third-order valence-electron chi connectivity index (χ3n) is 4.64. The summed E-state index contributed by atoms with van der Waals surface area (Å²) in [4.78, 5) is 6.90. The minimum atomic E-state index is 0.671. The van der Waals surface area contributed by atoms with Gasteiger partial charge in [-0.05, 0) is 44.9 Å². The van der Waals surface area contributed by atoms with Crippen LogP contribution in [0.25, 0.3) is 10.9 Å². The largest absolute Gasteiger partial charge is 0.493 e. The van der Waals surface area contributed by atoms with E-state index in [9.17, 15) is 0 Å². The van der Waals surface area contributed by atoms with Gasteiger partial charge in [-0.3, -0.25) is 4.98 Å². The first-order valence-electron chi connectivity index (χ1n) is 8.42. The Kier molecular flexibility index (Phi) is 5.01. The normalized spacial score (nSPS) is 15.0. The van der Waals surface area contributed by atoms with E-state index < -0.39 is 0 Å². The van der Waals surface area contributed by atoms with E-state index in [2.05, 4.69) is 23.0 Å². The van der Waals surface area contributed by atoms with Crippen LogP contribution in [0.3, 0.4) is 0 Å². The van der Waals surface area contributed by atoms with Gasteiger partial charge in [-0.2, -0.15) is 0 Å². The zero-order valence-corrected chi connectivity index (χ0v) is 14.3. The first kappa shape index (κ1) is 16.1. The first-order chi connectivity index (χ1) is 11.2. The Morgan fingerprint density at radius 2 is 2.04 bits per heavy atom. The molecule has 1 heterocycles. The van der Waals surface area contributed by atoms with E-state index in [4.69, 9.17) is 9.47 Å². The van der Waals surface area contributed by atoms with Crippen molar-refractivity contribution in [1.82, 2.24) is 9.88 Å². The van der Waals surface area contributed by atoms with E-state index in [1.54, 1.807) is 7.11 Å². The summed E-state index contributed by atoms with van der Waals surface area (Å²) < 4.78 is 11.4. The molecule has 3 rings (SSSR count). The van der Waals surface area contributed by atoms with Crippen molar-refractivity contribution in [3.05, 3.63) is 30.0 Å². The number of likely N-dealkylation sites (N-methyl/N-ethyl adjacent to an activating group) is 1. The van der Waals surface area contributed by atoms with Crippen LogP contribution in [-0.4, -0.2) is 43.7 Å². The average Bonchev–Trinajstić information content (AvgIpc) is 2.50. The fourth-order valence-electron chi connectivity index (χ4n) is 3.02. The predicted octanol–water partition coefficient (Wildman–Crippen LogP) is 3.66. The summed E-state index contributed by atoms with van der Waals surface area (Å²) in [6.45, 7) is 4.78. The lowest BCUT2D eigenvalue weighted by Gasteiger charge is -2.30. The molecule has 1 aromatic heterocycles. The van der Waals surface area contributed by atoms with Crippen LogP contribution in [0.4, 0.5) is 0 Å². The topological polar surface area (TPSA) is 34.6 Å². The van der Waals surface area contributed by atoms with Gasteiger partial charge < -0.3 is 14.4 Å². The van der Waals surface area contributed by atoms with Crippen molar-refractivity contribution in [1.29, 1.82) is 0 Å². The smallest absolute Gasteiger partial charge is 0.162 e. The Labute approximate surface area is 138 Å². The number of hydrogen-bond acceptors (Lipinski definition) is 4. The van der Waals surface area contributed by atoms with Gasteiger partial charge in [0.15, 0.2) is 11.5 Å². The Morgan fingerprint density at radius 1 is 1.22 bits per heavy atom. The molecule has 1 aliphatic rings. The molecule has 0 amide bonds. The summed E-state index contributed by atoms with van der Waals surface area (Å²) in [6.07, 6.45) is 4.17. The number of hydrogen-bond donors (Lipinski definition) is 0. The molecule has 0 spiro atoms. The molecule has 4 heteroatoms. The lowest BCUT2D eigenvalue weighted by atomic mass is 9.85. The van der Waals surface area contributed by atoms with Crippen LogP contribution in [0.1, 0.15) is 25.0 Å². The van der Waals surface area contributed by atoms with Crippen molar-refractivity contribution < 1.29 is 9.47 Å². The number of aryl methyl sites for hydroxylation is 1. The van der Waals surface area contributed by atoms with Crippen LogP contribution in [-0.2, 0) is 0 Å². The Morgan fingerprint density at radius 3 is 2.74 bits per heavy atom. The van der Waals surface area contributed by atoms with Crippen molar-refractivity contribution >= 4 is 10.9 Å². The summed E-state index contributed by atoms with van der Waals surface area (Å²) in [7, 11) is 3.85. The highest BCUT2D eigenvalue weighted by molar-refractivity contribution is 5.82. The van der Waals surface area contributed by atoms with Gasteiger partial charge in [0.05, 0.1) is 12.6 Å². The van der Waals surface area contributed by atoms with Crippen molar-refractivity contribution in [3.8, 4) is 11.5 Å². The maximum absolute atomic E-state index is 5.98. The second kappa shape index (κ2) is 7.18. The molecule has 2 aromatic rings. The standard InChI is InChI=1S/C19H26N2O2/c1-14-7-8-16-11-19(18(22-3)12-17(16)20-14)23-10-9-21(2)13-15-5-4-6-15/h7-8,11-12,15H,4-6,9-10,13H2,1-3H3. The molecule has 0 atom stereocenters. The Bertz CT molecular complexity index is 668. The molecule has 1 fully saturated rings. The van der Waals surface area contributed by atoms with E-state index in [0.717, 1.165) is 40.6 Å². The maximum Gasteiger partial charge on any atom is 0.162 e. The van der Waals surface area contributed by atoms with Crippen molar-refractivity contribution in [3.63, 3.8) is 0 Å². The summed E-state index contributed by atoms with van der Waals surface area (Å²) in [5, 5.41) is 1.08. The molecule has 0 unspecified atom stereocenters. The molecule has 1 aliphatic carbocycles. The lowest BCUT2D eigenvalue weighted by molar-refractivity contribution is 0.176.